The molecule has 0 unspecified atom stereocenters. The van der Waals surface area contributed by atoms with Gasteiger partial charge in [-0.05, 0) is 42.2 Å². The second-order valence-electron chi connectivity index (χ2n) is 7.22. The monoisotopic (exact) mass is 392 g/mol. The Kier molecular flexibility index (Phi) is 5.12. The fourth-order valence-corrected chi connectivity index (χ4v) is 3.69. The Morgan fingerprint density at radius 1 is 1.10 bits per heavy atom. The largest absolute Gasteiger partial charge is 0.489 e. The molecule has 2 aliphatic heterocycles. The second-order valence-corrected chi connectivity index (χ2v) is 7.22. The van der Waals surface area contributed by atoms with Gasteiger partial charge in [-0.15, -0.1) is 0 Å². The van der Waals surface area contributed by atoms with Crippen molar-refractivity contribution in [2.24, 2.45) is 0 Å². The topological polar surface area (TPSA) is 92.8 Å². The molecule has 1 N–H and O–H groups in total. The van der Waals surface area contributed by atoms with Crippen LogP contribution in [-0.4, -0.2) is 34.9 Å². The van der Waals surface area contributed by atoms with Gasteiger partial charge < -0.3 is 9.64 Å². The highest BCUT2D eigenvalue weighted by molar-refractivity contribution is 6.04. The molecular weight excluding hydrogens is 372 g/mol. The molecule has 7 heteroatoms. The number of hydrogen-bond acceptors (Lipinski definition) is 5. The van der Waals surface area contributed by atoms with Crippen molar-refractivity contribution in [2.45, 2.75) is 38.5 Å². The van der Waals surface area contributed by atoms with E-state index in [9.17, 15) is 19.2 Å². The molecule has 4 rings (SSSR count). The molecule has 0 spiro atoms. The van der Waals surface area contributed by atoms with E-state index in [1.54, 1.807) is 24.3 Å². The third-order valence-electron chi connectivity index (χ3n) is 5.25. The van der Waals surface area contributed by atoms with E-state index in [2.05, 4.69) is 5.32 Å². The molecule has 2 aromatic carbocycles. The van der Waals surface area contributed by atoms with Gasteiger partial charge in [0.05, 0.1) is 0 Å². The minimum Gasteiger partial charge on any atom is -0.489 e. The van der Waals surface area contributed by atoms with Crippen molar-refractivity contribution in [1.29, 1.82) is 0 Å². The highest BCUT2D eigenvalue weighted by Crippen LogP contribution is 2.30. The SMILES string of the molecule is O=Cc1ccc(COc2ccc3c(c2)CN([C@H]2CCCC(=O)NC2=O)C3=O)cc1. The molecular formula is C22H20N2O5. The van der Waals surface area contributed by atoms with E-state index in [1.807, 2.05) is 18.2 Å². The first kappa shape index (κ1) is 18.9. The van der Waals surface area contributed by atoms with Crippen LogP contribution in [0.4, 0.5) is 0 Å². The Hall–Kier alpha value is -3.48. The van der Waals surface area contributed by atoms with Gasteiger partial charge in [0.1, 0.15) is 24.7 Å². The fraction of sp³-hybridized carbons (Fsp3) is 0.273. The van der Waals surface area contributed by atoms with Crippen molar-refractivity contribution < 1.29 is 23.9 Å². The molecule has 2 aliphatic rings. The molecule has 0 aliphatic carbocycles. The Bertz CT molecular complexity index is 983. The molecule has 3 amide bonds. The lowest BCUT2D eigenvalue weighted by Crippen LogP contribution is -2.46. The number of aldehydes is 1. The lowest BCUT2D eigenvalue weighted by molar-refractivity contribution is -0.132. The quantitative estimate of drug-likeness (QED) is 0.622. The Morgan fingerprint density at radius 3 is 2.66 bits per heavy atom. The minimum atomic E-state index is -0.637. The van der Waals surface area contributed by atoms with Crippen LogP contribution in [-0.2, 0) is 22.7 Å². The van der Waals surface area contributed by atoms with Gasteiger partial charge in [-0.25, -0.2) is 0 Å². The number of imide groups is 1. The maximum atomic E-state index is 12.8. The first-order valence-corrected chi connectivity index (χ1v) is 9.49. The van der Waals surface area contributed by atoms with Crippen molar-refractivity contribution in [1.82, 2.24) is 10.2 Å². The van der Waals surface area contributed by atoms with Gasteiger partial charge in [0.15, 0.2) is 0 Å². The Balaban J connectivity index is 1.46. The van der Waals surface area contributed by atoms with Crippen molar-refractivity contribution in [2.75, 3.05) is 0 Å². The van der Waals surface area contributed by atoms with Crippen LogP contribution in [0, 0.1) is 0 Å². The van der Waals surface area contributed by atoms with E-state index in [-0.39, 0.29) is 11.8 Å². The molecule has 29 heavy (non-hydrogen) atoms. The summed E-state index contributed by atoms with van der Waals surface area (Å²) in [6, 6.07) is 11.7. The first-order valence-electron chi connectivity index (χ1n) is 9.49. The molecule has 1 fully saturated rings. The number of hydrogen-bond donors (Lipinski definition) is 1. The molecule has 0 bridgehead atoms. The summed E-state index contributed by atoms with van der Waals surface area (Å²) in [5.41, 5.74) is 2.88. The lowest BCUT2D eigenvalue weighted by atomic mass is 10.1. The second kappa shape index (κ2) is 7.87. The van der Waals surface area contributed by atoms with E-state index in [0.29, 0.717) is 49.3 Å². The van der Waals surface area contributed by atoms with Gasteiger partial charge in [-0.1, -0.05) is 24.3 Å². The standard InChI is InChI=1S/C22H20N2O5/c25-12-14-4-6-15(7-5-14)13-29-17-8-9-18-16(10-17)11-24(22(18)28)19-2-1-3-20(26)23-21(19)27/h4-10,12,19H,1-3,11,13H2,(H,23,26,27)/t19-/m0/s1. The Labute approximate surface area is 167 Å². The van der Waals surface area contributed by atoms with Gasteiger partial charge in [-0.3, -0.25) is 24.5 Å². The molecule has 1 saturated heterocycles. The molecule has 2 heterocycles. The van der Waals surface area contributed by atoms with E-state index in [4.69, 9.17) is 4.74 Å². The molecule has 148 valence electrons. The van der Waals surface area contributed by atoms with Crippen molar-refractivity contribution in [3.63, 3.8) is 0 Å². The summed E-state index contributed by atoms with van der Waals surface area (Å²) in [5, 5.41) is 2.36. The van der Waals surface area contributed by atoms with Gasteiger partial charge >= 0.3 is 0 Å². The van der Waals surface area contributed by atoms with Gasteiger partial charge in [-0.2, -0.15) is 0 Å². The molecule has 0 radical (unpaired) electrons. The van der Waals surface area contributed by atoms with Crippen molar-refractivity contribution in [3.8, 4) is 5.75 Å². The number of benzene rings is 2. The van der Waals surface area contributed by atoms with Gasteiger partial charge in [0.2, 0.25) is 11.8 Å². The van der Waals surface area contributed by atoms with Crippen LogP contribution in [0.3, 0.4) is 0 Å². The van der Waals surface area contributed by atoms with Crippen molar-refractivity contribution >= 4 is 24.0 Å². The van der Waals surface area contributed by atoms with E-state index < -0.39 is 11.9 Å². The summed E-state index contributed by atoms with van der Waals surface area (Å²) >= 11 is 0. The molecule has 1 atom stereocenters. The summed E-state index contributed by atoms with van der Waals surface area (Å²) in [6.07, 6.45) is 2.12. The van der Waals surface area contributed by atoms with E-state index in [1.165, 1.54) is 4.90 Å². The minimum absolute atomic E-state index is 0.203. The zero-order valence-corrected chi connectivity index (χ0v) is 15.7. The number of carbonyl (C=O) groups is 4. The van der Waals surface area contributed by atoms with Crippen LogP contribution in [0.1, 0.15) is 51.1 Å². The first-order chi connectivity index (χ1) is 14.0. The molecule has 0 saturated carbocycles. The maximum Gasteiger partial charge on any atom is 0.255 e. The smallest absolute Gasteiger partial charge is 0.255 e. The van der Waals surface area contributed by atoms with Crippen LogP contribution in [0.15, 0.2) is 42.5 Å². The summed E-state index contributed by atoms with van der Waals surface area (Å²) < 4.78 is 5.82. The number of nitrogens with zero attached hydrogens (tertiary/aromatic N) is 1. The number of fused-ring (bicyclic) bond motifs is 1. The maximum absolute atomic E-state index is 12.8. The highest BCUT2D eigenvalue weighted by atomic mass is 16.5. The zero-order valence-electron chi connectivity index (χ0n) is 15.7. The van der Waals surface area contributed by atoms with E-state index >= 15 is 0 Å². The molecule has 2 aromatic rings. The predicted molar refractivity (Wildman–Crippen MR) is 103 cm³/mol. The van der Waals surface area contributed by atoms with Gasteiger partial charge in [0.25, 0.3) is 5.91 Å². The number of rotatable bonds is 5. The Morgan fingerprint density at radius 2 is 1.90 bits per heavy atom. The normalized spacial score (nSPS) is 18.8. The van der Waals surface area contributed by atoms with Crippen LogP contribution < -0.4 is 10.1 Å². The summed E-state index contributed by atoms with van der Waals surface area (Å²) in [4.78, 5) is 48.9. The predicted octanol–water partition coefficient (Wildman–Crippen LogP) is 2.23. The fourth-order valence-electron chi connectivity index (χ4n) is 3.69. The molecule has 0 aromatic heterocycles. The third kappa shape index (κ3) is 3.89. The highest BCUT2D eigenvalue weighted by Gasteiger charge is 2.37. The zero-order chi connectivity index (χ0) is 20.4. The molecule has 7 nitrogen and oxygen atoms in total. The van der Waals surface area contributed by atoms with Crippen LogP contribution in [0.5, 0.6) is 5.75 Å². The van der Waals surface area contributed by atoms with Crippen LogP contribution in [0.25, 0.3) is 0 Å². The summed E-state index contributed by atoms with van der Waals surface area (Å²) in [5.74, 6) is -0.286. The summed E-state index contributed by atoms with van der Waals surface area (Å²) in [6.45, 7) is 0.647. The lowest BCUT2D eigenvalue weighted by Gasteiger charge is -2.24. The third-order valence-corrected chi connectivity index (χ3v) is 5.25. The number of ether oxygens (including phenoxy) is 1. The van der Waals surface area contributed by atoms with Crippen LogP contribution in [0.2, 0.25) is 0 Å². The van der Waals surface area contributed by atoms with Crippen molar-refractivity contribution in [3.05, 3.63) is 64.7 Å². The van der Waals surface area contributed by atoms with E-state index in [0.717, 1.165) is 17.4 Å². The number of amides is 3. The van der Waals surface area contributed by atoms with Crippen LogP contribution >= 0.6 is 0 Å². The van der Waals surface area contributed by atoms with Gasteiger partial charge in [0, 0.05) is 24.1 Å². The average molecular weight is 392 g/mol. The number of nitrogens with one attached hydrogen (secondary N) is 1. The summed E-state index contributed by atoms with van der Waals surface area (Å²) in [7, 11) is 0. The average Bonchev–Trinajstić information content (AvgIpc) is 2.94. The number of carbonyl (C=O) groups excluding carboxylic acids is 4.